The smallest absolute Gasteiger partial charge is 0.137 e. The Bertz CT molecular complexity index is 3200. The van der Waals surface area contributed by atoms with E-state index < -0.39 is 0 Å². The van der Waals surface area contributed by atoms with Crippen LogP contribution < -0.4 is 4.90 Å². The van der Waals surface area contributed by atoms with Crippen LogP contribution in [0.4, 0.5) is 17.1 Å². The highest BCUT2D eigenvalue weighted by Crippen LogP contribution is 2.46. The van der Waals surface area contributed by atoms with Crippen LogP contribution in [-0.2, 0) is 0 Å². The summed E-state index contributed by atoms with van der Waals surface area (Å²) < 4.78 is 12.7. The van der Waals surface area contributed by atoms with Gasteiger partial charge in [-0.25, -0.2) is 0 Å². The van der Waals surface area contributed by atoms with E-state index in [0.717, 1.165) is 77.6 Å². The lowest BCUT2D eigenvalue weighted by molar-refractivity contribution is 0.668. The van der Waals surface area contributed by atoms with Gasteiger partial charge in [-0.05, 0) is 93.2 Å². The maximum Gasteiger partial charge on any atom is 0.137 e. The lowest BCUT2D eigenvalue weighted by Crippen LogP contribution is -2.11. The minimum Gasteiger partial charge on any atom is -0.456 e. The zero-order chi connectivity index (χ0) is 36.3. The van der Waals surface area contributed by atoms with E-state index in [2.05, 4.69) is 181 Å². The maximum atomic E-state index is 6.45. The number of hydrogen-bond donors (Lipinski definition) is 0. The van der Waals surface area contributed by atoms with E-state index in [0.29, 0.717) is 0 Å². The van der Waals surface area contributed by atoms with Crippen LogP contribution in [0.2, 0.25) is 0 Å². The minimum atomic E-state index is 0.855. The molecule has 0 aliphatic rings. The van der Waals surface area contributed by atoms with Gasteiger partial charge in [0.25, 0.3) is 0 Å². The number of fused-ring (bicyclic) bond motifs is 7. The third kappa shape index (κ3) is 5.20. The molecule has 0 saturated carbocycles. The summed E-state index contributed by atoms with van der Waals surface area (Å²) >= 11 is 0. The molecule has 11 aromatic rings. The van der Waals surface area contributed by atoms with E-state index in [9.17, 15) is 0 Å². The monoisotopic (exact) mass is 703 g/mol. The fourth-order valence-electron chi connectivity index (χ4n) is 8.31. The first kappa shape index (κ1) is 31.2. The van der Waals surface area contributed by atoms with Crippen molar-refractivity contribution in [3.63, 3.8) is 0 Å². The molecule has 11 rings (SSSR count). The molecule has 55 heavy (non-hydrogen) atoms. The second-order valence-electron chi connectivity index (χ2n) is 14.1. The second kappa shape index (κ2) is 12.6. The van der Waals surface area contributed by atoms with Crippen LogP contribution >= 0.6 is 0 Å². The van der Waals surface area contributed by atoms with E-state index in [1.54, 1.807) is 0 Å². The summed E-state index contributed by atoms with van der Waals surface area (Å²) in [6.07, 6.45) is 0. The topological polar surface area (TPSA) is 29.5 Å². The van der Waals surface area contributed by atoms with Crippen LogP contribution in [-0.4, -0.2) is 0 Å². The number of anilines is 3. The van der Waals surface area contributed by atoms with Crippen molar-refractivity contribution in [2.24, 2.45) is 0 Å². The van der Waals surface area contributed by atoms with Crippen molar-refractivity contribution in [1.29, 1.82) is 0 Å². The third-order valence-corrected chi connectivity index (χ3v) is 10.9. The number of rotatable bonds is 6. The molecule has 0 unspecified atom stereocenters. The third-order valence-electron chi connectivity index (χ3n) is 10.9. The molecule has 2 aromatic heterocycles. The normalized spacial score (nSPS) is 11.6. The fraction of sp³-hybridized carbons (Fsp3) is 0. The summed E-state index contributed by atoms with van der Waals surface area (Å²) in [6, 6.07) is 71.1. The van der Waals surface area contributed by atoms with E-state index in [4.69, 9.17) is 8.83 Å². The highest BCUT2D eigenvalue weighted by molar-refractivity contribution is 6.10. The molecule has 3 heteroatoms. The zero-order valence-corrected chi connectivity index (χ0v) is 29.8. The maximum absolute atomic E-state index is 6.45. The molecule has 0 saturated heterocycles. The van der Waals surface area contributed by atoms with Gasteiger partial charge in [-0.15, -0.1) is 0 Å². The molecule has 0 aliphatic heterocycles. The van der Waals surface area contributed by atoms with Crippen LogP contribution in [0.15, 0.2) is 209 Å². The lowest BCUT2D eigenvalue weighted by Gasteiger charge is -2.28. The first-order valence-corrected chi connectivity index (χ1v) is 18.7. The first-order chi connectivity index (χ1) is 27.3. The summed E-state index contributed by atoms with van der Waals surface area (Å²) in [5.74, 6) is 0. The molecule has 0 amide bonds. The molecule has 0 atom stereocenters. The van der Waals surface area contributed by atoms with E-state index in [1.807, 2.05) is 24.3 Å². The van der Waals surface area contributed by atoms with E-state index >= 15 is 0 Å². The molecule has 0 aliphatic carbocycles. The van der Waals surface area contributed by atoms with Gasteiger partial charge in [-0.3, -0.25) is 0 Å². The molecular weight excluding hydrogens is 671 g/mol. The molecule has 0 radical (unpaired) electrons. The van der Waals surface area contributed by atoms with Crippen molar-refractivity contribution in [2.45, 2.75) is 0 Å². The summed E-state index contributed by atoms with van der Waals surface area (Å²) in [6.45, 7) is 0. The van der Waals surface area contributed by atoms with Gasteiger partial charge >= 0.3 is 0 Å². The number of furan rings is 2. The predicted octanol–water partition coefficient (Wildman–Crippen LogP) is 15.1. The fourth-order valence-corrected chi connectivity index (χ4v) is 8.31. The Morgan fingerprint density at radius 3 is 1.60 bits per heavy atom. The first-order valence-electron chi connectivity index (χ1n) is 18.7. The molecule has 258 valence electrons. The Balaban J connectivity index is 1.10. The van der Waals surface area contributed by atoms with Crippen molar-refractivity contribution in [3.05, 3.63) is 200 Å². The van der Waals surface area contributed by atoms with E-state index in [1.165, 1.54) is 27.5 Å². The van der Waals surface area contributed by atoms with Crippen LogP contribution in [0.1, 0.15) is 0 Å². The SMILES string of the molecule is c1ccc(-c2cccc3cccc(-c4ccccc4N(c4ccc(-c5ccc6c(c5)oc5ccccc56)cc4)c4ccc5c(c4)oc4ccccc45)c23)cc1. The van der Waals surface area contributed by atoms with Gasteiger partial charge in [0.15, 0.2) is 0 Å². The molecule has 0 spiro atoms. The molecular formula is C52H33NO2. The summed E-state index contributed by atoms with van der Waals surface area (Å²) in [4.78, 5) is 2.36. The molecule has 0 fully saturated rings. The lowest BCUT2D eigenvalue weighted by atomic mass is 9.90. The Kier molecular flexibility index (Phi) is 7.17. The predicted molar refractivity (Wildman–Crippen MR) is 229 cm³/mol. The number of benzene rings is 9. The van der Waals surface area contributed by atoms with Gasteiger partial charge in [-0.1, -0.05) is 140 Å². The molecule has 0 N–H and O–H groups in total. The van der Waals surface area contributed by atoms with E-state index in [-0.39, 0.29) is 0 Å². The Morgan fingerprint density at radius 1 is 0.309 bits per heavy atom. The molecule has 2 heterocycles. The summed E-state index contributed by atoms with van der Waals surface area (Å²) in [5.41, 5.74) is 13.6. The van der Waals surface area contributed by atoms with Crippen molar-refractivity contribution >= 4 is 71.7 Å². The zero-order valence-electron chi connectivity index (χ0n) is 29.8. The van der Waals surface area contributed by atoms with Gasteiger partial charge in [0.2, 0.25) is 0 Å². The average molecular weight is 704 g/mol. The van der Waals surface area contributed by atoms with Crippen LogP contribution in [0.3, 0.4) is 0 Å². The van der Waals surface area contributed by atoms with Gasteiger partial charge in [-0.2, -0.15) is 0 Å². The Hall–Kier alpha value is -7.36. The molecule has 0 bridgehead atoms. The molecule has 3 nitrogen and oxygen atoms in total. The number of nitrogens with zero attached hydrogens (tertiary/aromatic N) is 1. The van der Waals surface area contributed by atoms with Crippen molar-refractivity contribution < 1.29 is 8.83 Å². The Morgan fingerprint density at radius 2 is 0.855 bits per heavy atom. The Labute approximate surface area is 317 Å². The standard InChI is InChI=1S/C52H33NO2/c1-2-12-35(13-3-1)40-19-10-14-36-15-11-20-46(52(36)40)41-16-4-7-21-47(41)53(39-29-31-45-43-18-6-9-23-49(43)55-51(45)33-39)38-27-24-34(25-28-38)37-26-30-44-42-17-5-8-22-48(42)54-50(44)32-37/h1-33H. The van der Waals surface area contributed by atoms with Crippen molar-refractivity contribution in [2.75, 3.05) is 4.90 Å². The van der Waals surface area contributed by atoms with Gasteiger partial charge < -0.3 is 13.7 Å². The van der Waals surface area contributed by atoms with Gasteiger partial charge in [0.05, 0.1) is 5.69 Å². The highest BCUT2D eigenvalue weighted by atomic mass is 16.3. The van der Waals surface area contributed by atoms with Crippen LogP contribution in [0.25, 0.3) is 88.0 Å². The van der Waals surface area contributed by atoms with Crippen LogP contribution in [0.5, 0.6) is 0 Å². The minimum absolute atomic E-state index is 0.855. The number of para-hydroxylation sites is 3. The van der Waals surface area contributed by atoms with Gasteiger partial charge in [0, 0.05) is 44.5 Å². The van der Waals surface area contributed by atoms with Crippen molar-refractivity contribution in [3.8, 4) is 33.4 Å². The largest absolute Gasteiger partial charge is 0.456 e. The molecule has 9 aromatic carbocycles. The second-order valence-corrected chi connectivity index (χ2v) is 14.1. The van der Waals surface area contributed by atoms with Gasteiger partial charge in [0.1, 0.15) is 22.3 Å². The van der Waals surface area contributed by atoms with Crippen molar-refractivity contribution in [1.82, 2.24) is 0 Å². The summed E-state index contributed by atoms with van der Waals surface area (Å²) in [5, 5.41) is 6.92. The van der Waals surface area contributed by atoms with Crippen LogP contribution in [0, 0.1) is 0 Å². The summed E-state index contributed by atoms with van der Waals surface area (Å²) in [7, 11) is 0. The average Bonchev–Trinajstić information content (AvgIpc) is 3.82. The number of hydrogen-bond acceptors (Lipinski definition) is 3. The quantitative estimate of drug-likeness (QED) is 0.173. The highest BCUT2D eigenvalue weighted by Gasteiger charge is 2.21.